The van der Waals surface area contributed by atoms with E-state index in [1.54, 1.807) is 26.2 Å². The molecular formula is C12H16ClNO3. The molecule has 94 valence electrons. The van der Waals surface area contributed by atoms with Gasteiger partial charge in [-0.1, -0.05) is 11.6 Å². The highest BCUT2D eigenvalue weighted by atomic mass is 35.5. The minimum absolute atomic E-state index is 0.207. The van der Waals surface area contributed by atoms with Gasteiger partial charge in [-0.2, -0.15) is 0 Å². The van der Waals surface area contributed by atoms with Crippen LogP contribution >= 0.6 is 11.6 Å². The molecule has 0 spiro atoms. The van der Waals surface area contributed by atoms with E-state index in [0.29, 0.717) is 30.3 Å². The quantitative estimate of drug-likeness (QED) is 0.796. The van der Waals surface area contributed by atoms with Crippen molar-refractivity contribution in [3.63, 3.8) is 0 Å². The molecular weight excluding hydrogens is 242 g/mol. The van der Waals surface area contributed by atoms with Gasteiger partial charge in [0, 0.05) is 18.3 Å². The summed E-state index contributed by atoms with van der Waals surface area (Å²) in [5, 5.41) is 3.66. The first-order valence-corrected chi connectivity index (χ1v) is 5.78. The van der Waals surface area contributed by atoms with Crippen LogP contribution in [0.5, 0.6) is 5.75 Å². The summed E-state index contributed by atoms with van der Waals surface area (Å²) in [4.78, 5) is 11.1. The molecule has 0 aliphatic heterocycles. The summed E-state index contributed by atoms with van der Waals surface area (Å²) in [6.45, 7) is 2.71. The number of hydrogen-bond acceptors (Lipinski definition) is 4. The lowest BCUT2D eigenvalue weighted by molar-refractivity contribution is -0.142. The summed E-state index contributed by atoms with van der Waals surface area (Å²) in [6, 6.07) is 5.36. The van der Waals surface area contributed by atoms with Crippen molar-refractivity contribution in [2.24, 2.45) is 0 Å². The van der Waals surface area contributed by atoms with Gasteiger partial charge in [0.1, 0.15) is 5.75 Å². The second kappa shape index (κ2) is 7.01. The minimum Gasteiger partial charge on any atom is -0.495 e. The highest BCUT2D eigenvalue weighted by molar-refractivity contribution is 6.32. The van der Waals surface area contributed by atoms with Gasteiger partial charge >= 0.3 is 5.97 Å². The smallest absolute Gasteiger partial charge is 0.307 e. The largest absolute Gasteiger partial charge is 0.495 e. The molecule has 1 rings (SSSR count). The summed E-state index contributed by atoms with van der Waals surface area (Å²) in [6.07, 6.45) is 0.332. The van der Waals surface area contributed by atoms with E-state index in [-0.39, 0.29) is 5.97 Å². The number of methoxy groups -OCH3 is 1. The van der Waals surface area contributed by atoms with Crippen LogP contribution in [0.15, 0.2) is 18.2 Å². The molecule has 0 unspecified atom stereocenters. The number of hydrogen-bond donors (Lipinski definition) is 1. The van der Waals surface area contributed by atoms with E-state index in [9.17, 15) is 4.79 Å². The first-order chi connectivity index (χ1) is 8.17. The molecule has 1 aromatic rings. The first-order valence-electron chi connectivity index (χ1n) is 5.40. The predicted octanol–water partition coefficient (Wildman–Crippen LogP) is 2.71. The summed E-state index contributed by atoms with van der Waals surface area (Å²) in [7, 11) is 1.56. The van der Waals surface area contributed by atoms with Gasteiger partial charge < -0.3 is 14.8 Å². The molecule has 5 heteroatoms. The molecule has 0 atom stereocenters. The molecule has 0 amide bonds. The molecule has 4 nitrogen and oxygen atoms in total. The van der Waals surface area contributed by atoms with Crippen molar-refractivity contribution in [2.75, 3.05) is 25.6 Å². The number of carbonyl (C=O) groups excluding carboxylic acids is 1. The highest BCUT2D eigenvalue weighted by Crippen LogP contribution is 2.27. The van der Waals surface area contributed by atoms with Crippen LogP contribution in [0.1, 0.15) is 13.3 Å². The van der Waals surface area contributed by atoms with Crippen LogP contribution in [0, 0.1) is 0 Å². The maximum Gasteiger partial charge on any atom is 0.307 e. The fraction of sp³-hybridized carbons (Fsp3) is 0.417. The van der Waals surface area contributed by atoms with Gasteiger partial charge in [-0.05, 0) is 19.1 Å². The number of anilines is 1. The van der Waals surface area contributed by atoms with Crippen molar-refractivity contribution in [1.29, 1.82) is 0 Å². The molecule has 0 radical (unpaired) electrons. The molecule has 0 fully saturated rings. The number of carbonyl (C=O) groups is 1. The molecule has 0 aromatic heterocycles. The third-order valence-corrected chi connectivity index (χ3v) is 2.43. The van der Waals surface area contributed by atoms with Gasteiger partial charge in [0.25, 0.3) is 0 Å². The Labute approximate surface area is 106 Å². The molecule has 0 saturated heterocycles. The molecule has 0 bridgehead atoms. The summed E-state index contributed by atoms with van der Waals surface area (Å²) < 4.78 is 9.91. The maximum atomic E-state index is 11.1. The Morgan fingerprint density at radius 3 is 2.88 bits per heavy atom. The van der Waals surface area contributed by atoms with E-state index in [2.05, 4.69) is 5.32 Å². The SMILES string of the molecule is CCOC(=O)CCNc1ccc(Cl)c(OC)c1. The van der Waals surface area contributed by atoms with Crippen molar-refractivity contribution < 1.29 is 14.3 Å². The van der Waals surface area contributed by atoms with Gasteiger partial charge in [0.05, 0.1) is 25.2 Å². The third-order valence-electron chi connectivity index (χ3n) is 2.11. The number of ether oxygens (including phenoxy) is 2. The molecule has 0 aliphatic rings. The van der Waals surface area contributed by atoms with Crippen LogP contribution in [0.2, 0.25) is 5.02 Å². The Morgan fingerprint density at radius 1 is 1.47 bits per heavy atom. The molecule has 1 N–H and O–H groups in total. The van der Waals surface area contributed by atoms with Crippen LogP contribution in [-0.4, -0.2) is 26.2 Å². The monoisotopic (exact) mass is 257 g/mol. The topological polar surface area (TPSA) is 47.6 Å². The van der Waals surface area contributed by atoms with E-state index >= 15 is 0 Å². The average molecular weight is 258 g/mol. The van der Waals surface area contributed by atoms with E-state index in [0.717, 1.165) is 5.69 Å². The Bertz CT molecular complexity index is 382. The van der Waals surface area contributed by atoms with Gasteiger partial charge in [0.15, 0.2) is 0 Å². The van der Waals surface area contributed by atoms with Crippen LogP contribution < -0.4 is 10.1 Å². The zero-order valence-corrected chi connectivity index (χ0v) is 10.7. The van der Waals surface area contributed by atoms with Crippen LogP contribution in [-0.2, 0) is 9.53 Å². The third kappa shape index (κ3) is 4.53. The number of esters is 1. The van der Waals surface area contributed by atoms with Crippen molar-refractivity contribution in [3.05, 3.63) is 23.2 Å². The molecule has 1 aromatic carbocycles. The van der Waals surface area contributed by atoms with Gasteiger partial charge in [-0.25, -0.2) is 0 Å². The first kappa shape index (κ1) is 13.6. The fourth-order valence-corrected chi connectivity index (χ4v) is 1.51. The van der Waals surface area contributed by atoms with Crippen molar-refractivity contribution in [1.82, 2.24) is 0 Å². The summed E-state index contributed by atoms with van der Waals surface area (Å²) >= 11 is 5.90. The van der Waals surface area contributed by atoms with Gasteiger partial charge in [-0.3, -0.25) is 4.79 Å². The molecule has 17 heavy (non-hydrogen) atoms. The Morgan fingerprint density at radius 2 is 2.24 bits per heavy atom. The lowest BCUT2D eigenvalue weighted by Crippen LogP contribution is -2.11. The number of benzene rings is 1. The maximum absolute atomic E-state index is 11.1. The minimum atomic E-state index is -0.207. The Hall–Kier alpha value is -1.42. The summed E-state index contributed by atoms with van der Waals surface area (Å²) in [5.41, 5.74) is 0.857. The van der Waals surface area contributed by atoms with Gasteiger partial charge in [0.2, 0.25) is 0 Å². The van der Waals surface area contributed by atoms with E-state index in [1.807, 2.05) is 6.07 Å². The zero-order valence-electron chi connectivity index (χ0n) is 9.96. The lowest BCUT2D eigenvalue weighted by atomic mass is 10.3. The van der Waals surface area contributed by atoms with Crippen molar-refractivity contribution >= 4 is 23.3 Å². The van der Waals surface area contributed by atoms with E-state index < -0.39 is 0 Å². The average Bonchev–Trinajstić information content (AvgIpc) is 2.31. The number of halogens is 1. The lowest BCUT2D eigenvalue weighted by Gasteiger charge is -2.09. The van der Waals surface area contributed by atoms with E-state index in [1.165, 1.54) is 0 Å². The van der Waals surface area contributed by atoms with Crippen LogP contribution in [0.25, 0.3) is 0 Å². The zero-order chi connectivity index (χ0) is 12.7. The Balaban J connectivity index is 2.44. The fourth-order valence-electron chi connectivity index (χ4n) is 1.31. The highest BCUT2D eigenvalue weighted by Gasteiger charge is 2.03. The summed E-state index contributed by atoms with van der Waals surface area (Å²) in [5.74, 6) is 0.397. The standard InChI is InChI=1S/C12H16ClNO3/c1-3-17-12(15)6-7-14-9-4-5-10(13)11(8-9)16-2/h4-5,8,14H,3,6-7H2,1-2H3. The molecule has 0 heterocycles. The molecule has 0 aliphatic carbocycles. The van der Waals surface area contributed by atoms with Gasteiger partial charge in [-0.15, -0.1) is 0 Å². The van der Waals surface area contributed by atoms with Crippen LogP contribution in [0.4, 0.5) is 5.69 Å². The second-order valence-corrected chi connectivity index (χ2v) is 3.74. The number of nitrogens with one attached hydrogen (secondary N) is 1. The van der Waals surface area contributed by atoms with Crippen molar-refractivity contribution in [2.45, 2.75) is 13.3 Å². The predicted molar refractivity (Wildman–Crippen MR) is 67.7 cm³/mol. The number of rotatable bonds is 6. The second-order valence-electron chi connectivity index (χ2n) is 3.33. The normalized spacial score (nSPS) is 9.82. The van der Waals surface area contributed by atoms with E-state index in [4.69, 9.17) is 21.1 Å². The van der Waals surface area contributed by atoms with Crippen molar-refractivity contribution in [3.8, 4) is 5.75 Å². The molecule has 0 saturated carbocycles. The van der Waals surface area contributed by atoms with Crippen LogP contribution in [0.3, 0.4) is 0 Å². The Kier molecular flexibility index (Phi) is 5.63.